The summed E-state index contributed by atoms with van der Waals surface area (Å²) in [5, 5.41) is 10.8. The number of rotatable bonds is 6. The second-order valence-corrected chi connectivity index (χ2v) is 10.5. The smallest absolute Gasteiger partial charge is 0.294 e. The molecule has 0 bridgehead atoms. The standard InChI is InChI=1S/C28H35NO3/c1-17(2)16-23(30)24-25(20-8-12-21(13-9-20)28(5,6)7)29(27(32)26(24)31)22-14-10-19(11-15-22)18(3)4/h8-15,17-18,25,31H,16H2,1-7H3. The molecule has 32 heavy (non-hydrogen) atoms. The van der Waals surface area contributed by atoms with E-state index < -0.39 is 17.7 Å². The molecule has 0 saturated carbocycles. The third-order valence-corrected chi connectivity index (χ3v) is 6.03. The number of benzene rings is 2. The van der Waals surface area contributed by atoms with Gasteiger partial charge in [-0.15, -0.1) is 0 Å². The number of amides is 1. The van der Waals surface area contributed by atoms with E-state index in [1.807, 2.05) is 62.4 Å². The number of aliphatic hydroxyl groups excluding tert-OH is 1. The summed E-state index contributed by atoms with van der Waals surface area (Å²) in [7, 11) is 0. The van der Waals surface area contributed by atoms with Crippen LogP contribution in [0.25, 0.3) is 0 Å². The van der Waals surface area contributed by atoms with Crippen LogP contribution in [0.5, 0.6) is 0 Å². The first-order valence-corrected chi connectivity index (χ1v) is 11.4. The van der Waals surface area contributed by atoms with Crippen LogP contribution in [-0.4, -0.2) is 16.8 Å². The summed E-state index contributed by atoms with van der Waals surface area (Å²) in [5.74, 6) is -0.653. The molecule has 0 aromatic heterocycles. The van der Waals surface area contributed by atoms with Gasteiger partial charge in [0, 0.05) is 12.1 Å². The van der Waals surface area contributed by atoms with Gasteiger partial charge in [0.1, 0.15) is 0 Å². The van der Waals surface area contributed by atoms with E-state index in [4.69, 9.17) is 0 Å². The highest BCUT2D eigenvalue weighted by Crippen LogP contribution is 2.42. The van der Waals surface area contributed by atoms with E-state index in [1.165, 1.54) is 11.1 Å². The van der Waals surface area contributed by atoms with Gasteiger partial charge in [0.05, 0.1) is 11.6 Å². The van der Waals surface area contributed by atoms with Crippen molar-refractivity contribution in [2.75, 3.05) is 4.90 Å². The minimum Gasteiger partial charge on any atom is -0.503 e. The highest BCUT2D eigenvalue weighted by molar-refractivity contribution is 6.16. The quantitative estimate of drug-likeness (QED) is 0.557. The van der Waals surface area contributed by atoms with Crippen molar-refractivity contribution in [3.63, 3.8) is 0 Å². The lowest BCUT2D eigenvalue weighted by Gasteiger charge is -2.28. The molecule has 1 unspecified atom stereocenters. The van der Waals surface area contributed by atoms with Crippen LogP contribution in [0, 0.1) is 5.92 Å². The molecule has 170 valence electrons. The average Bonchev–Trinajstić information content (AvgIpc) is 2.98. The number of carbonyl (C=O) groups excluding carboxylic acids is 2. The molecule has 1 aliphatic rings. The molecule has 4 heteroatoms. The summed E-state index contributed by atoms with van der Waals surface area (Å²) >= 11 is 0. The first kappa shape index (κ1) is 23.8. The maximum atomic E-state index is 13.2. The predicted octanol–water partition coefficient (Wildman–Crippen LogP) is 6.62. The number of aliphatic hydroxyl groups is 1. The van der Waals surface area contributed by atoms with Crippen LogP contribution in [-0.2, 0) is 15.0 Å². The Labute approximate surface area is 192 Å². The van der Waals surface area contributed by atoms with Gasteiger partial charge in [-0.05, 0) is 46.1 Å². The Morgan fingerprint density at radius 1 is 0.969 bits per heavy atom. The molecule has 0 saturated heterocycles. The normalized spacial score (nSPS) is 17.1. The summed E-state index contributed by atoms with van der Waals surface area (Å²) in [4.78, 5) is 27.9. The molecule has 1 atom stereocenters. The summed E-state index contributed by atoms with van der Waals surface area (Å²) in [6, 6.07) is 15.2. The van der Waals surface area contributed by atoms with Crippen molar-refractivity contribution in [2.45, 2.75) is 72.3 Å². The largest absolute Gasteiger partial charge is 0.503 e. The topological polar surface area (TPSA) is 57.6 Å². The van der Waals surface area contributed by atoms with Gasteiger partial charge in [0.15, 0.2) is 11.5 Å². The first-order valence-electron chi connectivity index (χ1n) is 11.4. The highest BCUT2D eigenvalue weighted by atomic mass is 16.3. The maximum Gasteiger partial charge on any atom is 0.294 e. The monoisotopic (exact) mass is 433 g/mol. The minimum atomic E-state index is -0.646. The van der Waals surface area contributed by atoms with E-state index in [9.17, 15) is 14.7 Å². The molecule has 3 rings (SSSR count). The zero-order valence-electron chi connectivity index (χ0n) is 20.3. The molecule has 0 fully saturated rings. The van der Waals surface area contributed by atoms with Crippen molar-refractivity contribution in [2.24, 2.45) is 5.92 Å². The Morgan fingerprint density at radius 3 is 2.00 bits per heavy atom. The van der Waals surface area contributed by atoms with Crippen LogP contribution < -0.4 is 4.90 Å². The molecular weight excluding hydrogens is 398 g/mol. The number of nitrogens with zero attached hydrogens (tertiary/aromatic N) is 1. The number of hydrogen-bond acceptors (Lipinski definition) is 3. The van der Waals surface area contributed by atoms with Crippen molar-refractivity contribution >= 4 is 17.4 Å². The molecule has 1 N–H and O–H groups in total. The Morgan fingerprint density at radius 2 is 1.53 bits per heavy atom. The summed E-state index contributed by atoms with van der Waals surface area (Å²) in [6.45, 7) is 14.6. The van der Waals surface area contributed by atoms with Crippen LogP contribution in [0.4, 0.5) is 5.69 Å². The Kier molecular flexibility index (Phi) is 6.64. The van der Waals surface area contributed by atoms with Crippen molar-refractivity contribution < 1.29 is 14.7 Å². The van der Waals surface area contributed by atoms with Gasteiger partial charge in [-0.25, -0.2) is 0 Å². The van der Waals surface area contributed by atoms with Crippen LogP contribution in [0.1, 0.15) is 83.5 Å². The maximum absolute atomic E-state index is 13.2. The summed E-state index contributed by atoms with van der Waals surface area (Å²) < 4.78 is 0. The van der Waals surface area contributed by atoms with E-state index >= 15 is 0 Å². The van der Waals surface area contributed by atoms with Crippen LogP contribution >= 0.6 is 0 Å². The zero-order chi connectivity index (χ0) is 23.8. The summed E-state index contributed by atoms with van der Waals surface area (Å²) in [5.41, 5.74) is 4.00. The summed E-state index contributed by atoms with van der Waals surface area (Å²) in [6.07, 6.45) is 0.281. The molecule has 2 aromatic rings. The van der Waals surface area contributed by atoms with E-state index in [1.54, 1.807) is 4.90 Å². The second kappa shape index (κ2) is 8.93. The van der Waals surface area contributed by atoms with Gasteiger partial charge in [-0.1, -0.05) is 84.9 Å². The fourth-order valence-corrected chi connectivity index (χ4v) is 4.14. The molecule has 0 aliphatic carbocycles. The Bertz CT molecular complexity index is 1020. The zero-order valence-corrected chi connectivity index (χ0v) is 20.3. The molecule has 4 nitrogen and oxygen atoms in total. The third kappa shape index (κ3) is 4.64. The molecule has 2 aromatic carbocycles. The number of carbonyl (C=O) groups is 2. The van der Waals surface area contributed by atoms with E-state index in [0.717, 1.165) is 5.56 Å². The Balaban J connectivity index is 2.11. The van der Waals surface area contributed by atoms with Gasteiger partial charge in [0.25, 0.3) is 5.91 Å². The molecule has 1 heterocycles. The molecule has 1 amide bonds. The number of hydrogen-bond donors (Lipinski definition) is 1. The SMILES string of the molecule is CC(C)CC(=O)C1=C(O)C(=O)N(c2ccc(C(C)C)cc2)C1c1ccc(C(C)(C)C)cc1. The Hall–Kier alpha value is -2.88. The van der Waals surface area contributed by atoms with Crippen LogP contribution in [0.15, 0.2) is 59.9 Å². The predicted molar refractivity (Wildman–Crippen MR) is 130 cm³/mol. The van der Waals surface area contributed by atoms with Crippen molar-refractivity contribution in [3.8, 4) is 0 Å². The lowest BCUT2D eigenvalue weighted by atomic mass is 9.85. The van der Waals surface area contributed by atoms with Crippen LogP contribution in [0.3, 0.4) is 0 Å². The van der Waals surface area contributed by atoms with Crippen molar-refractivity contribution in [3.05, 3.63) is 76.6 Å². The molecular formula is C28H35NO3. The fourth-order valence-electron chi connectivity index (χ4n) is 4.14. The van der Waals surface area contributed by atoms with Gasteiger partial charge in [-0.2, -0.15) is 0 Å². The van der Waals surface area contributed by atoms with Gasteiger partial charge in [-0.3, -0.25) is 14.5 Å². The fraction of sp³-hybridized carbons (Fsp3) is 0.429. The first-order chi connectivity index (χ1) is 14.9. The molecule has 0 radical (unpaired) electrons. The van der Waals surface area contributed by atoms with E-state index in [-0.39, 0.29) is 29.1 Å². The number of Topliss-reactive ketones (excluding diaryl/α,β-unsaturated/α-hetero) is 1. The number of ketones is 1. The van der Waals surface area contributed by atoms with E-state index in [0.29, 0.717) is 11.6 Å². The lowest BCUT2D eigenvalue weighted by Crippen LogP contribution is -2.31. The molecule has 0 spiro atoms. The van der Waals surface area contributed by atoms with E-state index in [2.05, 4.69) is 34.6 Å². The van der Waals surface area contributed by atoms with Gasteiger partial charge < -0.3 is 5.11 Å². The average molecular weight is 434 g/mol. The lowest BCUT2D eigenvalue weighted by molar-refractivity contribution is -0.118. The van der Waals surface area contributed by atoms with Crippen molar-refractivity contribution in [1.82, 2.24) is 0 Å². The second-order valence-electron chi connectivity index (χ2n) is 10.5. The number of anilines is 1. The van der Waals surface area contributed by atoms with Crippen molar-refractivity contribution in [1.29, 1.82) is 0 Å². The minimum absolute atomic E-state index is 0.00927. The highest BCUT2D eigenvalue weighted by Gasteiger charge is 2.44. The third-order valence-electron chi connectivity index (χ3n) is 6.03. The molecule has 1 aliphatic heterocycles. The van der Waals surface area contributed by atoms with Crippen LogP contribution in [0.2, 0.25) is 0 Å². The van der Waals surface area contributed by atoms with Gasteiger partial charge in [0.2, 0.25) is 0 Å². The van der Waals surface area contributed by atoms with Gasteiger partial charge >= 0.3 is 0 Å².